The molecule has 3 aromatic rings. The number of quaternary nitrogens is 1. The van der Waals surface area contributed by atoms with Crippen molar-refractivity contribution in [3.05, 3.63) is 64.5 Å². The van der Waals surface area contributed by atoms with Crippen LogP contribution in [0, 0.1) is 0 Å². The maximum atomic E-state index is 12.3. The van der Waals surface area contributed by atoms with Crippen LogP contribution in [-0.2, 0) is 11.3 Å². The van der Waals surface area contributed by atoms with Crippen molar-refractivity contribution < 1.29 is 23.6 Å². The highest BCUT2D eigenvalue weighted by Gasteiger charge is 2.15. The van der Waals surface area contributed by atoms with Gasteiger partial charge in [0.2, 0.25) is 0 Å². The Morgan fingerprint density at radius 2 is 1.71 bits per heavy atom. The number of nitrogens with one attached hydrogen (secondary N) is 2. The fraction of sp³-hybridized carbons (Fsp3) is 0.238. The van der Waals surface area contributed by atoms with Crippen LogP contribution in [0.1, 0.15) is 5.56 Å². The zero-order valence-electron chi connectivity index (χ0n) is 16.1. The fourth-order valence-corrected chi connectivity index (χ4v) is 3.02. The summed E-state index contributed by atoms with van der Waals surface area (Å²) in [5.74, 6) is 1.23. The minimum Gasteiger partial charge on any atom is -0.497 e. The smallest absolute Gasteiger partial charge is 0.336 e. The van der Waals surface area contributed by atoms with Gasteiger partial charge in [0.25, 0.3) is 5.91 Å². The molecule has 7 nitrogen and oxygen atoms in total. The highest BCUT2D eigenvalue weighted by Crippen LogP contribution is 2.22. The second-order valence-electron chi connectivity index (χ2n) is 6.54. The molecule has 7 heteroatoms. The molecule has 0 bridgehead atoms. The van der Waals surface area contributed by atoms with Crippen LogP contribution in [0.5, 0.6) is 11.5 Å². The molecule has 1 unspecified atom stereocenters. The van der Waals surface area contributed by atoms with E-state index in [1.165, 1.54) is 6.07 Å². The number of carbonyl (C=O) groups excluding carboxylic acids is 1. The van der Waals surface area contributed by atoms with Crippen molar-refractivity contribution in [2.75, 3.05) is 33.1 Å². The van der Waals surface area contributed by atoms with Gasteiger partial charge in [0, 0.05) is 28.8 Å². The van der Waals surface area contributed by atoms with E-state index in [0.29, 0.717) is 23.6 Å². The first-order valence-corrected chi connectivity index (χ1v) is 8.84. The van der Waals surface area contributed by atoms with E-state index in [1.54, 1.807) is 44.6 Å². The number of benzene rings is 2. The van der Waals surface area contributed by atoms with E-state index >= 15 is 0 Å². The predicted molar refractivity (Wildman–Crippen MR) is 106 cm³/mol. The third-order valence-corrected chi connectivity index (χ3v) is 4.37. The number of carbonyl (C=O) groups is 1. The van der Waals surface area contributed by atoms with Crippen LogP contribution in [-0.4, -0.2) is 33.7 Å². The van der Waals surface area contributed by atoms with Crippen LogP contribution in [0.3, 0.4) is 0 Å². The van der Waals surface area contributed by atoms with E-state index in [-0.39, 0.29) is 12.5 Å². The van der Waals surface area contributed by atoms with Gasteiger partial charge in [-0.3, -0.25) is 4.79 Å². The molecule has 0 spiro atoms. The van der Waals surface area contributed by atoms with Crippen molar-refractivity contribution in [2.24, 2.45) is 0 Å². The molecular weight excluding hydrogens is 360 g/mol. The van der Waals surface area contributed by atoms with Gasteiger partial charge in [-0.05, 0) is 36.4 Å². The van der Waals surface area contributed by atoms with E-state index in [0.717, 1.165) is 21.6 Å². The number of rotatable bonds is 7. The summed E-state index contributed by atoms with van der Waals surface area (Å²) in [7, 11) is 5.05. The molecule has 2 N–H and O–H groups in total. The maximum Gasteiger partial charge on any atom is 0.336 e. The van der Waals surface area contributed by atoms with Crippen LogP contribution < -0.4 is 25.3 Å². The number of amides is 1. The van der Waals surface area contributed by atoms with E-state index < -0.39 is 5.63 Å². The Morgan fingerprint density at radius 3 is 2.39 bits per heavy atom. The Balaban J connectivity index is 1.69. The number of likely N-dealkylation sites (N-methyl/N-ethyl adjacent to an activating group) is 1. The van der Waals surface area contributed by atoms with E-state index in [2.05, 4.69) is 5.32 Å². The fourth-order valence-electron chi connectivity index (χ4n) is 3.02. The average Bonchev–Trinajstić information content (AvgIpc) is 2.67. The molecule has 3 rings (SSSR count). The molecule has 0 saturated heterocycles. The Labute approximate surface area is 162 Å². The summed E-state index contributed by atoms with van der Waals surface area (Å²) < 4.78 is 15.6. The molecule has 146 valence electrons. The number of fused-ring (bicyclic) bond motifs is 1. The van der Waals surface area contributed by atoms with Gasteiger partial charge < -0.3 is 24.1 Å². The van der Waals surface area contributed by atoms with Gasteiger partial charge in [0.05, 0.1) is 21.3 Å². The lowest BCUT2D eigenvalue weighted by atomic mass is 10.1. The van der Waals surface area contributed by atoms with E-state index in [4.69, 9.17) is 13.9 Å². The van der Waals surface area contributed by atoms with E-state index in [1.807, 2.05) is 19.2 Å². The summed E-state index contributed by atoms with van der Waals surface area (Å²) in [6.45, 7) is 0.758. The number of hydrogen-bond acceptors (Lipinski definition) is 5. The SMILES string of the molecule is COc1ccc(NC(=O)C[NH+](C)Cc2cc(=O)oc3cc(OC)ccc23)cc1. The molecule has 0 radical (unpaired) electrons. The first-order chi connectivity index (χ1) is 13.5. The molecule has 1 amide bonds. The molecular formula is C21H23N2O5+. The van der Waals surface area contributed by atoms with Gasteiger partial charge >= 0.3 is 5.63 Å². The standard InChI is InChI=1S/C21H22N2O5/c1-23(13-20(24)22-15-4-6-16(26-2)7-5-15)12-14-10-21(25)28-19-11-17(27-3)8-9-18(14)19/h4-11H,12-13H2,1-3H3,(H,22,24)/p+1. The molecule has 2 aromatic carbocycles. The van der Waals surface area contributed by atoms with Crippen molar-refractivity contribution in [1.82, 2.24) is 0 Å². The normalized spacial score (nSPS) is 11.8. The van der Waals surface area contributed by atoms with Crippen LogP contribution in [0.15, 0.2) is 57.7 Å². The van der Waals surface area contributed by atoms with Crippen molar-refractivity contribution in [1.29, 1.82) is 0 Å². The Hall–Kier alpha value is -3.32. The second-order valence-corrected chi connectivity index (χ2v) is 6.54. The van der Waals surface area contributed by atoms with Crippen LogP contribution >= 0.6 is 0 Å². The predicted octanol–water partition coefficient (Wildman–Crippen LogP) is 1.46. The summed E-state index contributed by atoms with van der Waals surface area (Å²) in [5.41, 5.74) is 1.57. The highest BCUT2D eigenvalue weighted by molar-refractivity contribution is 5.91. The summed E-state index contributed by atoms with van der Waals surface area (Å²) in [6, 6.07) is 14.0. The van der Waals surface area contributed by atoms with Crippen molar-refractivity contribution in [2.45, 2.75) is 6.54 Å². The summed E-state index contributed by atoms with van der Waals surface area (Å²) in [5, 5.41) is 3.69. The topological polar surface area (TPSA) is 82.2 Å². The lowest BCUT2D eigenvalue weighted by Crippen LogP contribution is -3.08. The monoisotopic (exact) mass is 383 g/mol. The number of hydrogen-bond donors (Lipinski definition) is 2. The van der Waals surface area contributed by atoms with Gasteiger partial charge in [-0.1, -0.05) is 0 Å². The zero-order chi connectivity index (χ0) is 20.1. The third-order valence-electron chi connectivity index (χ3n) is 4.37. The summed E-state index contributed by atoms with van der Waals surface area (Å²) in [6.07, 6.45) is 0. The van der Waals surface area contributed by atoms with Crippen LogP contribution in [0.25, 0.3) is 11.0 Å². The molecule has 0 fully saturated rings. The minimum atomic E-state index is -0.425. The van der Waals surface area contributed by atoms with Crippen LogP contribution in [0.2, 0.25) is 0 Å². The van der Waals surface area contributed by atoms with Crippen molar-refractivity contribution in [3.63, 3.8) is 0 Å². The average molecular weight is 383 g/mol. The number of methoxy groups -OCH3 is 2. The summed E-state index contributed by atoms with van der Waals surface area (Å²) in [4.78, 5) is 25.2. The van der Waals surface area contributed by atoms with E-state index in [9.17, 15) is 9.59 Å². The molecule has 0 aliphatic rings. The third kappa shape index (κ3) is 4.69. The van der Waals surface area contributed by atoms with Crippen LogP contribution in [0.4, 0.5) is 5.69 Å². The molecule has 1 atom stereocenters. The lowest BCUT2D eigenvalue weighted by molar-refractivity contribution is -0.885. The van der Waals surface area contributed by atoms with Crippen molar-refractivity contribution in [3.8, 4) is 11.5 Å². The number of anilines is 1. The minimum absolute atomic E-state index is 0.114. The Kier molecular flexibility index (Phi) is 5.96. The number of ether oxygens (including phenoxy) is 2. The van der Waals surface area contributed by atoms with Gasteiger partial charge in [-0.15, -0.1) is 0 Å². The zero-order valence-corrected chi connectivity index (χ0v) is 16.1. The van der Waals surface area contributed by atoms with Gasteiger partial charge in [-0.25, -0.2) is 4.79 Å². The summed E-state index contributed by atoms with van der Waals surface area (Å²) >= 11 is 0. The maximum absolute atomic E-state index is 12.3. The molecule has 0 aliphatic carbocycles. The Bertz CT molecular complexity index is 1030. The molecule has 0 aliphatic heterocycles. The van der Waals surface area contributed by atoms with Crippen molar-refractivity contribution >= 4 is 22.6 Å². The Morgan fingerprint density at radius 1 is 1.04 bits per heavy atom. The van der Waals surface area contributed by atoms with Gasteiger partial charge in [0.1, 0.15) is 23.6 Å². The molecule has 0 saturated carbocycles. The van der Waals surface area contributed by atoms with Gasteiger partial charge in [-0.2, -0.15) is 0 Å². The first kappa shape index (κ1) is 19.4. The highest BCUT2D eigenvalue weighted by atomic mass is 16.5. The largest absolute Gasteiger partial charge is 0.497 e. The quantitative estimate of drug-likeness (QED) is 0.604. The molecule has 1 aromatic heterocycles. The molecule has 28 heavy (non-hydrogen) atoms. The first-order valence-electron chi connectivity index (χ1n) is 8.84. The lowest BCUT2D eigenvalue weighted by Gasteiger charge is -2.15. The van der Waals surface area contributed by atoms with Gasteiger partial charge in [0.15, 0.2) is 6.54 Å². The molecule has 1 heterocycles. The second kappa shape index (κ2) is 8.58.